The molecule has 0 radical (unpaired) electrons. The molecular weight excluding hydrogens is 404 g/mol. The van der Waals surface area contributed by atoms with Gasteiger partial charge in [-0.2, -0.15) is 5.26 Å². The highest BCUT2D eigenvalue weighted by molar-refractivity contribution is 5.61. The highest BCUT2D eigenvalue weighted by Gasteiger charge is 2.42. The minimum absolute atomic E-state index is 0.229. The quantitative estimate of drug-likeness (QED) is 0.516. The molecule has 0 amide bonds. The molecule has 2 aromatic rings. The molecule has 9 nitrogen and oxygen atoms in total. The number of nitrogens with zero attached hydrogens (tertiary/aromatic N) is 5. The first-order valence-electron chi connectivity index (χ1n) is 11.4. The van der Waals surface area contributed by atoms with Crippen LogP contribution in [-0.4, -0.2) is 58.3 Å². The Balaban J connectivity index is 1.32. The Morgan fingerprint density at radius 2 is 1.66 bits per heavy atom. The van der Waals surface area contributed by atoms with Crippen molar-refractivity contribution in [2.45, 2.75) is 63.6 Å². The Kier molecular flexibility index (Phi) is 7.12. The summed E-state index contributed by atoms with van der Waals surface area (Å²) in [5.74, 6) is 1.52. The highest BCUT2D eigenvalue weighted by atomic mass is 16.5. The Morgan fingerprint density at radius 3 is 2.28 bits per heavy atom. The topological polar surface area (TPSA) is 121 Å². The first-order chi connectivity index (χ1) is 15.6. The van der Waals surface area contributed by atoms with Gasteiger partial charge in [0.1, 0.15) is 24.3 Å². The van der Waals surface area contributed by atoms with Crippen LogP contribution < -0.4 is 16.0 Å². The van der Waals surface area contributed by atoms with E-state index in [9.17, 15) is 5.26 Å². The van der Waals surface area contributed by atoms with Gasteiger partial charge in [0.15, 0.2) is 0 Å². The van der Waals surface area contributed by atoms with Gasteiger partial charge in [0.05, 0.1) is 29.5 Å². The standard InChI is InChI=1S/C23H32N8O/c1-16(11-32-2)30-17-3-5-18(6-4-17)31-22-10-20(27-15-29-22)19-9-21(28-14-26-19)25-13-23(12-24)7-8-23/h9-10,14-18,30H,3-8,11,13H2,1-2H3,(H,25,26,28)(H,27,29,31). The summed E-state index contributed by atoms with van der Waals surface area (Å²) in [4.78, 5) is 17.5. The summed E-state index contributed by atoms with van der Waals surface area (Å²) in [6, 6.07) is 7.52. The van der Waals surface area contributed by atoms with Crippen LogP contribution in [-0.2, 0) is 4.74 Å². The van der Waals surface area contributed by atoms with Gasteiger partial charge < -0.3 is 20.7 Å². The number of hydrogen-bond acceptors (Lipinski definition) is 9. The van der Waals surface area contributed by atoms with E-state index in [0.717, 1.165) is 62.3 Å². The largest absolute Gasteiger partial charge is 0.383 e. The molecule has 0 aliphatic heterocycles. The first-order valence-corrected chi connectivity index (χ1v) is 11.4. The van der Waals surface area contributed by atoms with Crippen LogP contribution in [0.15, 0.2) is 24.8 Å². The lowest BCUT2D eigenvalue weighted by atomic mass is 9.90. The maximum absolute atomic E-state index is 9.25. The number of anilines is 2. The summed E-state index contributed by atoms with van der Waals surface area (Å²) in [5.41, 5.74) is 1.25. The Morgan fingerprint density at radius 1 is 1.03 bits per heavy atom. The number of rotatable bonds is 10. The number of nitriles is 1. The van der Waals surface area contributed by atoms with E-state index in [2.05, 4.69) is 48.9 Å². The Labute approximate surface area is 189 Å². The van der Waals surface area contributed by atoms with E-state index in [1.165, 1.54) is 6.33 Å². The van der Waals surface area contributed by atoms with Crippen LogP contribution in [0.25, 0.3) is 11.4 Å². The van der Waals surface area contributed by atoms with Crippen molar-refractivity contribution < 1.29 is 4.74 Å². The van der Waals surface area contributed by atoms with Crippen molar-refractivity contribution in [3.8, 4) is 17.5 Å². The van der Waals surface area contributed by atoms with E-state index in [-0.39, 0.29) is 5.41 Å². The molecule has 2 heterocycles. The fraction of sp³-hybridized carbons (Fsp3) is 0.609. The number of hydrogen-bond donors (Lipinski definition) is 3. The van der Waals surface area contributed by atoms with Gasteiger partial charge in [0.25, 0.3) is 0 Å². The normalized spacial score (nSPS) is 22.5. The molecular formula is C23H32N8O. The zero-order valence-corrected chi connectivity index (χ0v) is 18.8. The molecule has 2 fully saturated rings. The second-order valence-electron chi connectivity index (χ2n) is 9.04. The van der Waals surface area contributed by atoms with Crippen molar-refractivity contribution in [2.24, 2.45) is 5.41 Å². The molecule has 2 aliphatic rings. The third kappa shape index (κ3) is 5.90. The molecule has 9 heteroatoms. The second kappa shape index (κ2) is 10.2. The highest BCUT2D eigenvalue weighted by Crippen LogP contribution is 2.44. The van der Waals surface area contributed by atoms with Crippen molar-refractivity contribution in [1.82, 2.24) is 25.3 Å². The molecule has 2 aromatic heterocycles. The summed E-state index contributed by atoms with van der Waals surface area (Å²) in [7, 11) is 1.74. The van der Waals surface area contributed by atoms with E-state index in [0.29, 0.717) is 30.5 Å². The van der Waals surface area contributed by atoms with Gasteiger partial charge in [-0.1, -0.05) is 0 Å². The van der Waals surface area contributed by atoms with Crippen molar-refractivity contribution in [1.29, 1.82) is 5.26 Å². The van der Waals surface area contributed by atoms with E-state index in [1.54, 1.807) is 13.4 Å². The summed E-state index contributed by atoms with van der Waals surface area (Å²) in [5, 5.41) is 19.7. The first kappa shape index (κ1) is 22.4. The molecule has 2 saturated carbocycles. The monoisotopic (exact) mass is 436 g/mol. The number of nitrogens with one attached hydrogen (secondary N) is 3. The minimum Gasteiger partial charge on any atom is -0.383 e. The molecule has 170 valence electrons. The zero-order valence-electron chi connectivity index (χ0n) is 18.8. The van der Waals surface area contributed by atoms with Gasteiger partial charge in [-0.3, -0.25) is 0 Å². The second-order valence-corrected chi connectivity index (χ2v) is 9.04. The minimum atomic E-state index is -0.229. The SMILES string of the molecule is COCC(C)NC1CCC(Nc2cc(-c3cc(NCC4(C#N)CC4)ncn3)ncn2)CC1. The fourth-order valence-electron chi connectivity index (χ4n) is 4.22. The molecule has 0 spiro atoms. The van der Waals surface area contributed by atoms with Gasteiger partial charge >= 0.3 is 0 Å². The molecule has 0 saturated heterocycles. The Bertz CT molecular complexity index is 934. The van der Waals surface area contributed by atoms with Crippen molar-refractivity contribution in [2.75, 3.05) is 30.9 Å². The molecule has 0 aromatic carbocycles. The third-order valence-corrected chi connectivity index (χ3v) is 6.31. The van der Waals surface area contributed by atoms with Gasteiger partial charge in [0.2, 0.25) is 0 Å². The van der Waals surface area contributed by atoms with E-state index in [4.69, 9.17) is 4.74 Å². The molecule has 2 aliphatic carbocycles. The molecule has 4 rings (SSSR count). The van der Waals surface area contributed by atoms with Crippen LogP contribution in [0.1, 0.15) is 45.4 Å². The predicted octanol–water partition coefficient (Wildman–Crippen LogP) is 3.00. The van der Waals surface area contributed by atoms with Crippen molar-refractivity contribution in [3.05, 3.63) is 24.8 Å². The van der Waals surface area contributed by atoms with Crippen molar-refractivity contribution in [3.63, 3.8) is 0 Å². The van der Waals surface area contributed by atoms with E-state index < -0.39 is 0 Å². The van der Waals surface area contributed by atoms with Crippen LogP contribution in [0.2, 0.25) is 0 Å². The molecule has 32 heavy (non-hydrogen) atoms. The summed E-state index contributed by atoms with van der Waals surface area (Å²) >= 11 is 0. The molecule has 1 atom stereocenters. The van der Waals surface area contributed by atoms with Gasteiger partial charge in [-0.15, -0.1) is 0 Å². The predicted molar refractivity (Wildman–Crippen MR) is 123 cm³/mol. The lowest BCUT2D eigenvalue weighted by molar-refractivity contribution is 0.161. The van der Waals surface area contributed by atoms with Crippen molar-refractivity contribution >= 4 is 11.6 Å². The number of aromatic nitrogens is 4. The van der Waals surface area contributed by atoms with Crippen LogP contribution in [0.4, 0.5) is 11.6 Å². The number of ether oxygens (including phenoxy) is 1. The van der Waals surface area contributed by atoms with Crippen LogP contribution in [0.5, 0.6) is 0 Å². The summed E-state index contributed by atoms with van der Waals surface area (Å²) in [6.45, 7) is 3.51. The lowest BCUT2D eigenvalue weighted by Gasteiger charge is -2.31. The van der Waals surface area contributed by atoms with Gasteiger partial charge in [-0.25, -0.2) is 19.9 Å². The zero-order chi connectivity index (χ0) is 22.4. The summed E-state index contributed by atoms with van der Waals surface area (Å²) < 4.78 is 5.22. The van der Waals surface area contributed by atoms with E-state index >= 15 is 0 Å². The van der Waals surface area contributed by atoms with Gasteiger partial charge in [-0.05, 0) is 45.4 Å². The maximum Gasteiger partial charge on any atom is 0.130 e. The summed E-state index contributed by atoms with van der Waals surface area (Å²) in [6.07, 6.45) is 9.44. The lowest BCUT2D eigenvalue weighted by Crippen LogP contribution is -2.42. The van der Waals surface area contributed by atoms with Crippen LogP contribution in [0, 0.1) is 16.7 Å². The average molecular weight is 437 g/mol. The van der Waals surface area contributed by atoms with Gasteiger partial charge in [0, 0.05) is 43.9 Å². The smallest absolute Gasteiger partial charge is 0.130 e. The van der Waals surface area contributed by atoms with Crippen LogP contribution in [0.3, 0.4) is 0 Å². The average Bonchev–Trinajstić information content (AvgIpc) is 3.60. The van der Waals surface area contributed by atoms with E-state index in [1.807, 2.05) is 12.1 Å². The maximum atomic E-state index is 9.25. The Hall–Kier alpha value is -2.83. The molecule has 0 bridgehead atoms. The number of methoxy groups -OCH3 is 1. The fourth-order valence-corrected chi connectivity index (χ4v) is 4.22. The molecule has 3 N–H and O–H groups in total. The molecule has 1 unspecified atom stereocenters. The van der Waals surface area contributed by atoms with Crippen LogP contribution >= 0.6 is 0 Å². The third-order valence-electron chi connectivity index (χ3n) is 6.31.